The second-order valence-corrected chi connectivity index (χ2v) is 8.62. The van der Waals surface area contributed by atoms with Crippen molar-refractivity contribution in [2.75, 3.05) is 13.1 Å². The Morgan fingerprint density at radius 3 is 2.48 bits per heavy atom. The topological polar surface area (TPSA) is 95.9 Å². The number of rotatable bonds is 8. The van der Waals surface area contributed by atoms with Gasteiger partial charge in [-0.25, -0.2) is 4.79 Å². The number of carboxylic acids is 1. The zero-order chi connectivity index (χ0) is 21.4. The predicted molar refractivity (Wildman–Crippen MR) is 109 cm³/mol. The normalized spacial score (nSPS) is 16.8. The zero-order valence-corrected chi connectivity index (χ0v) is 17.5. The number of ether oxygens (including phenoxy) is 1. The summed E-state index contributed by atoms with van der Waals surface area (Å²) in [5, 5.41) is 12.6. The fourth-order valence-electron chi connectivity index (χ4n) is 3.78. The largest absolute Gasteiger partial charge is 0.481 e. The van der Waals surface area contributed by atoms with E-state index in [1.54, 1.807) is 4.90 Å². The molecule has 2 rings (SSSR count). The Balaban J connectivity index is 2.05. The number of aliphatic carboxylic acids is 1. The Morgan fingerprint density at radius 1 is 1.21 bits per heavy atom. The lowest BCUT2D eigenvalue weighted by Crippen LogP contribution is -2.50. The molecule has 0 bridgehead atoms. The minimum Gasteiger partial charge on any atom is -0.481 e. The van der Waals surface area contributed by atoms with E-state index in [4.69, 9.17) is 4.74 Å². The number of carbonyl (C=O) groups excluding carboxylic acids is 2. The van der Waals surface area contributed by atoms with Gasteiger partial charge in [-0.2, -0.15) is 0 Å². The van der Waals surface area contributed by atoms with Crippen molar-refractivity contribution >= 4 is 18.0 Å². The second kappa shape index (κ2) is 10.3. The summed E-state index contributed by atoms with van der Waals surface area (Å²) in [6, 6.07) is 8.64. The average molecular weight is 405 g/mol. The first-order chi connectivity index (χ1) is 13.7. The summed E-state index contributed by atoms with van der Waals surface area (Å²) in [5.41, 5.74) is 0.276. The number of hydrogen-bond acceptors (Lipinski definition) is 4. The zero-order valence-electron chi connectivity index (χ0n) is 17.5. The van der Waals surface area contributed by atoms with Gasteiger partial charge in [-0.3, -0.25) is 9.59 Å². The monoisotopic (exact) mass is 404 g/mol. The predicted octanol–water partition coefficient (Wildman–Crippen LogP) is 3.43. The van der Waals surface area contributed by atoms with E-state index in [9.17, 15) is 19.5 Å². The molecule has 1 aromatic carbocycles. The molecule has 2 N–H and O–H groups in total. The molecule has 160 valence electrons. The minimum absolute atomic E-state index is 0.0873. The quantitative estimate of drug-likeness (QED) is 0.692. The molecule has 0 radical (unpaired) electrons. The van der Waals surface area contributed by atoms with E-state index in [1.807, 2.05) is 51.1 Å². The Hall–Kier alpha value is -2.57. The smallest absolute Gasteiger partial charge is 0.407 e. The van der Waals surface area contributed by atoms with Gasteiger partial charge in [0.15, 0.2) is 0 Å². The third-order valence-electron chi connectivity index (χ3n) is 5.25. The van der Waals surface area contributed by atoms with E-state index in [0.29, 0.717) is 25.9 Å². The van der Waals surface area contributed by atoms with Gasteiger partial charge >= 0.3 is 12.1 Å². The van der Waals surface area contributed by atoms with Crippen LogP contribution in [0.1, 0.15) is 52.0 Å². The van der Waals surface area contributed by atoms with Gasteiger partial charge in [0.2, 0.25) is 5.91 Å². The molecule has 0 aromatic heterocycles. The molecule has 1 saturated heterocycles. The van der Waals surface area contributed by atoms with Crippen molar-refractivity contribution < 1.29 is 24.2 Å². The first-order valence-corrected chi connectivity index (χ1v) is 10.2. The number of likely N-dealkylation sites (tertiary alicyclic amines) is 1. The van der Waals surface area contributed by atoms with Gasteiger partial charge in [-0.1, -0.05) is 51.1 Å². The second-order valence-electron chi connectivity index (χ2n) is 8.62. The third-order valence-corrected chi connectivity index (χ3v) is 5.25. The molecule has 1 heterocycles. The van der Waals surface area contributed by atoms with Gasteiger partial charge in [0, 0.05) is 25.6 Å². The van der Waals surface area contributed by atoms with Crippen molar-refractivity contribution in [2.45, 2.75) is 59.1 Å². The first kappa shape index (κ1) is 22.7. The fraction of sp³-hybridized carbons (Fsp3) is 0.591. The van der Waals surface area contributed by atoms with Crippen molar-refractivity contribution in [2.24, 2.45) is 11.3 Å². The van der Waals surface area contributed by atoms with Crippen LogP contribution in [0.4, 0.5) is 4.79 Å². The molecule has 0 aliphatic carbocycles. The van der Waals surface area contributed by atoms with Crippen LogP contribution in [0.5, 0.6) is 0 Å². The highest BCUT2D eigenvalue weighted by Crippen LogP contribution is 2.31. The van der Waals surface area contributed by atoms with E-state index in [1.165, 1.54) is 0 Å². The molecular weight excluding hydrogens is 372 g/mol. The van der Waals surface area contributed by atoms with Crippen molar-refractivity contribution in [3.63, 3.8) is 0 Å². The van der Waals surface area contributed by atoms with Crippen molar-refractivity contribution in [1.82, 2.24) is 10.2 Å². The van der Waals surface area contributed by atoms with Gasteiger partial charge < -0.3 is 20.1 Å². The number of benzene rings is 1. The molecule has 2 atom stereocenters. The third kappa shape index (κ3) is 7.07. The maximum atomic E-state index is 12.4. The van der Waals surface area contributed by atoms with Crippen LogP contribution >= 0.6 is 0 Å². The Bertz CT molecular complexity index is 699. The molecule has 2 amide bonds. The number of nitrogens with zero attached hydrogens (tertiary/aromatic N) is 1. The van der Waals surface area contributed by atoms with E-state index >= 15 is 0 Å². The van der Waals surface area contributed by atoms with Crippen molar-refractivity contribution in [3.05, 3.63) is 35.9 Å². The molecular formula is C22H32N2O5. The van der Waals surface area contributed by atoms with Crippen LogP contribution in [0, 0.1) is 11.3 Å². The van der Waals surface area contributed by atoms with Gasteiger partial charge in [0.05, 0.1) is 5.92 Å². The van der Waals surface area contributed by atoms with E-state index in [0.717, 1.165) is 18.4 Å². The molecule has 1 aromatic rings. The number of carboxylic acid groups (broad SMARTS) is 1. The number of amides is 2. The Labute approximate surface area is 172 Å². The summed E-state index contributed by atoms with van der Waals surface area (Å²) in [5.74, 6) is -1.70. The lowest BCUT2D eigenvalue weighted by Gasteiger charge is -2.36. The number of piperidine rings is 1. The number of nitrogens with one attached hydrogen (secondary N) is 1. The van der Waals surface area contributed by atoms with Crippen LogP contribution < -0.4 is 5.32 Å². The molecule has 0 saturated carbocycles. The Kier molecular flexibility index (Phi) is 8.05. The summed E-state index contributed by atoms with van der Waals surface area (Å²) in [6.07, 6.45) is 2.08. The summed E-state index contributed by atoms with van der Waals surface area (Å²) in [4.78, 5) is 38.2. The van der Waals surface area contributed by atoms with Gasteiger partial charge in [0.1, 0.15) is 6.61 Å². The molecule has 1 aliphatic rings. The maximum Gasteiger partial charge on any atom is 0.407 e. The molecule has 29 heavy (non-hydrogen) atoms. The lowest BCUT2D eigenvalue weighted by molar-refractivity contribution is -0.147. The molecule has 1 fully saturated rings. The highest BCUT2D eigenvalue weighted by molar-refractivity contribution is 5.77. The number of carbonyl (C=O) groups is 3. The minimum atomic E-state index is -0.976. The lowest BCUT2D eigenvalue weighted by atomic mass is 9.75. The number of hydrogen-bond donors (Lipinski definition) is 2. The fourth-order valence-corrected chi connectivity index (χ4v) is 3.78. The first-order valence-electron chi connectivity index (χ1n) is 10.2. The number of alkyl carbamates (subject to hydrolysis) is 1. The summed E-state index contributed by atoms with van der Waals surface area (Å²) >= 11 is 0. The van der Waals surface area contributed by atoms with Crippen LogP contribution in [-0.4, -0.2) is 47.1 Å². The maximum absolute atomic E-state index is 12.4. The van der Waals surface area contributed by atoms with E-state index in [2.05, 4.69) is 5.32 Å². The molecule has 7 heteroatoms. The summed E-state index contributed by atoms with van der Waals surface area (Å²) in [7, 11) is 0. The average Bonchev–Trinajstić information content (AvgIpc) is 2.65. The van der Waals surface area contributed by atoms with Gasteiger partial charge in [0.25, 0.3) is 0 Å². The van der Waals surface area contributed by atoms with Crippen LogP contribution in [0.25, 0.3) is 0 Å². The molecule has 0 spiro atoms. The highest BCUT2D eigenvalue weighted by Gasteiger charge is 2.39. The SMILES string of the molecule is CC(C)(C)[C@H](C(=O)O)C(CCN1CCCCC1=O)NC(=O)OCc1ccccc1. The van der Waals surface area contributed by atoms with Crippen LogP contribution in [0.3, 0.4) is 0 Å². The van der Waals surface area contributed by atoms with Gasteiger partial charge in [-0.15, -0.1) is 0 Å². The van der Waals surface area contributed by atoms with Gasteiger partial charge in [-0.05, 0) is 30.2 Å². The summed E-state index contributed by atoms with van der Waals surface area (Å²) in [6.45, 7) is 6.71. The molecule has 1 unspecified atom stereocenters. The van der Waals surface area contributed by atoms with E-state index < -0.39 is 29.4 Å². The standard InChI is InChI=1S/C22H32N2O5/c1-22(2,3)19(20(26)27)17(12-14-24-13-8-7-11-18(24)25)23-21(28)29-15-16-9-5-4-6-10-16/h4-6,9-10,17,19H,7-8,11-15H2,1-3H3,(H,23,28)(H,26,27)/t17?,19-/m0/s1. The highest BCUT2D eigenvalue weighted by atomic mass is 16.5. The summed E-state index contributed by atoms with van der Waals surface area (Å²) < 4.78 is 5.29. The van der Waals surface area contributed by atoms with Crippen LogP contribution in [0.2, 0.25) is 0 Å². The molecule has 1 aliphatic heterocycles. The Morgan fingerprint density at radius 2 is 1.90 bits per heavy atom. The molecule has 7 nitrogen and oxygen atoms in total. The van der Waals surface area contributed by atoms with Crippen LogP contribution in [0.15, 0.2) is 30.3 Å². The van der Waals surface area contributed by atoms with Crippen LogP contribution in [-0.2, 0) is 20.9 Å². The van der Waals surface area contributed by atoms with Crippen molar-refractivity contribution in [3.8, 4) is 0 Å². The van der Waals surface area contributed by atoms with Crippen molar-refractivity contribution in [1.29, 1.82) is 0 Å². The van der Waals surface area contributed by atoms with E-state index in [-0.39, 0.29) is 12.5 Å².